The van der Waals surface area contributed by atoms with Crippen molar-refractivity contribution in [2.75, 3.05) is 11.9 Å². The Balaban J connectivity index is 1.75. The van der Waals surface area contributed by atoms with Crippen LogP contribution in [0.4, 0.5) is 5.69 Å². The second kappa shape index (κ2) is 8.84. The summed E-state index contributed by atoms with van der Waals surface area (Å²) in [6, 6.07) is 14.9. The van der Waals surface area contributed by atoms with Gasteiger partial charge >= 0.3 is 0 Å². The summed E-state index contributed by atoms with van der Waals surface area (Å²) in [7, 11) is 0. The molecule has 0 aliphatic carbocycles. The molecule has 0 heterocycles. The van der Waals surface area contributed by atoms with Crippen LogP contribution in [0.1, 0.15) is 23.6 Å². The van der Waals surface area contributed by atoms with Gasteiger partial charge in [0.05, 0.1) is 13.0 Å². The molecule has 0 saturated carbocycles. The van der Waals surface area contributed by atoms with E-state index in [0.717, 1.165) is 28.8 Å². The van der Waals surface area contributed by atoms with E-state index in [9.17, 15) is 9.59 Å². The number of hydrogen-bond donors (Lipinski definition) is 3. The standard InChI is InChI=1S/C19H22N2O3/c1-14(23)21-18-8-6-16(7-9-18)12-19(24)20-11-10-15-2-4-17(13-22)5-3-15/h2-9,22H,10-13H2,1H3,(H,20,24)(H,21,23). The van der Waals surface area contributed by atoms with Crippen molar-refractivity contribution in [3.63, 3.8) is 0 Å². The average Bonchev–Trinajstić information content (AvgIpc) is 2.57. The Kier molecular flexibility index (Phi) is 6.51. The lowest BCUT2D eigenvalue weighted by molar-refractivity contribution is -0.120. The number of benzene rings is 2. The first-order chi connectivity index (χ1) is 11.6. The van der Waals surface area contributed by atoms with E-state index in [1.165, 1.54) is 6.92 Å². The predicted octanol–water partition coefficient (Wildman–Crippen LogP) is 2.04. The maximum Gasteiger partial charge on any atom is 0.224 e. The number of rotatable bonds is 7. The fraction of sp³-hybridized carbons (Fsp3) is 0.263. The monoisotopic (exact) mass is 326 g/mol. The van der Waals surface area contributed by atoms with E-state index >= 15 is 0 Å². The van der Waals surface area contributed by atoms with Crippen LogP contribution in [0.2, 0.25) is 0 Å². The number of hydrogen-bond acceptors (Lipinski definition) is 3. The first-order valence-corrected chi connectivity index (χ1v) is 7.88. The van der Waals surface area contributed by atoms with Crippen molar-refractivity contribution in [2.24, 2.45) is 0 Å². The van der Waals surface area contributed by atoms with Gasteiger partial charge in [0, 0.05) is 19.2 Å². The Bertz CT molecular complexity index is 679. The lowest BCUT2D eigenvalue weighted by atomic mass is 10.1. The van der Waals surface area contributed by atoms with Gasteiger partial charge < -0.3 is 15.7 Å². The van der Waals surface area contributed by atoms with Gasteiger partial charge in [0.25, 0.3) is 0 Å². The van der Waals surface area contributed by atoms with Crippen molar-refractivity contribution >= 4 is 17.5 Å². The second-order valence-corrected chi connectivity index (χ2v) is 5.63. The van der Waals surface area contributed by atoms with Crippen LogP contribution in [0.25, 0.3) is 0 Å². The van der Waals surface area contributed by atoms with Crippen molar-refractivity contribution in [2.45, 2.75) is 26.4 Å². The van der Waals surface area contributed by atoms with Gasteiger partial charge in [0.15, 0.2) is 0 Å². The minimum Gasteiger partial charge on any atom is -0.392 e. The van der Waals surface area contributed by atoms with Crippen LogP contribution >= 0.6 is 0 Å². The lowest BCUT2D eigenvalue weighted by Crippen LogP contribution is -2.27. The topological polar surface area (TPSA) is 78.4 Å². The number of anilines is 1. The fourth-order valence-electron chi connectivity index (χ4n) is 2.31. The highest BCUT2D eigenvalue weighted by atomic mass is 16.3. The second-order valence-electron chi connectivity index (χ2n) is 5.63. The van der Waals surface area contributed by atoms with Gasteiger partial charge in [-0.3, -0.25) is 9.59 Å². The van der Waals surface area contributed by atoms with Gasteiger partial charge in [-0.05, 0) is 35.2 Å². The van der Waals surface area contributed by atoms with E-state index in [2.05, 4.69) is 10.6 Å². The van der Waals surface area contributed by atoms with Crippen molar-refractivity contribution < 1.29 is 14.7 Å². The van der Waals surface area contributed by atoms with Crippen molar-refractivity contribution in [3.05, 3.63) is 65.2 Å². The Morgan fingerprint density at radius 3 is 2.08 bits per heavy atom. The number of nitrogens with one attached hydrogen (secondary N) is 2. The third kappa shape index (κ3) is 5.85. The van der Waals surface area contributed by atoms with Crippen LogP contribution in [0.3, 0.4) is 0 Å². The summed E-state index contributed by atoms with van der Waals surface area (Å²) in [6.07, 6.45) is 1.06. The zero-order chi connectivity index (χ0) is 17.4. The minimum absolute atomic E-state index is 0.0331. The SMILES string of the molecule is CC(=O)Nc1ccc(CC(=O)NCCc2ccc(CO)cc2)cc1. The summed E-state index contributed by atoms with van der Waals surface area (Å²) < 4.78 is 0. The summed E-state index contributed by atoms with van der Waals surface area (Å²) in [6.45, 7) is 2.07. The number of amides is 2. The molecule has 2 aromatic carbocycles. The van der Waals surface area contributed by atoms with E-state index in [-0.39, 0.29) is 18.4 Å². The highest BCUT2D eigenvalue weighted by Gasteiger charge is 2.04. The molecule has 24 heavy (non-hydrogen) atoms. The lowest BCUT2D eigenvalue weighted by Gasteiger charge is -2.07. The van der Waals surface area contributed by atoms with Gasteiger partial charge in [-0.15, -0.1) is 0 Å². The molecule has 0 spiro atoms. The smallest absolute Gasteiger partial charge is 0.224 e. The summed E-state index contributed by atoms with van der Waals surface area (Å²) in [5, 5.41) is 14.6. The number of aliphatic hydroxyl groups is 1. The molecular formula is C19H22N2O3. The first-order valence-electron chi connectivity index (χ1n) is 7.88. The maximum absolute atomic E-state index is 12.0. The molecule has 5 heteroatoms. The molecule has 0 aliphatic rings. The van der Waals surface area contributed by atoms with Gasteiger partial charge in [-0.1, -0.05) is 36.4 Å². The van der Waals surface area contributed by atoms with Gasteiger partial charge in [0.2, 0.25) is 11.8 Å². The van der Waals surface area contributed by atoms with Gasteiger partial charge in [-0.2, -0.15) is 0 Å². The molecule has 0 fully saturated rings. The first kappa shape index (κ1) is 17.7. The molecule has 126 valence electrons. The molecule has 2 aromatic rings. The molecule has 0 atom stereocenters. The molecule has 0 radical (unpaired) electrons. The van der Waals surface area contributed by atoms with Crippen LogP contribution in [0.5, 0.6) is 0 Å². The Morgan fingerprint density at radius 1 is 0.917 bits per heavy atom. The number of aliphatic hydroxyl groups excluding tert-OH is 1. The Hall–Kier alpha value is -2.66. The predicted molar refractivity (Wildman–Crippen MR) is 93.5 cm³/mol. The molecule has 0 aliphatic heterocycles. The summed E-state index contributed by atoms with van der Waals surface area (Å²) in [4.78, 5) is 22.9. The van der Waals surface area contributed by atoms with E-state index < -0.39 is 0 Å². The highest BCUT2D eigenvalue weighted by molar-refractivity contribution is 5.88. The molecule has 0 bridgehead atoms. The Morgan fingerprint density at radius 2 is 1.50 bits per heavy atom. The summed E-state index contributed by atoms with van der Waals surface area (Å²) in [5.41, 5.74) is 3.62. The molecule has 2 amide bonds. The largest absolute Gasteiger partial charge is 0.392 e. The fourth-order valence-corrected chi connectivity index (χ4v) is 2.31. The molecule has 3 N–H and O–H groups in total. The molecule has 2 rings (SSSR count). The van der Waals surface area contributed by atoms with Crippen LogP contribution in [-0.4, -0.2) is 23.5 Å². The molecule has 0 saturated heterocycles. The minimum atomic E-state index is -0.118. The molecule has 0 unspecified atom stereocenters. The van der Waals surface area contributed by atoms with Crippen LogP contribution in [0, 0.1) is 0 Å². The van der Waals surface area contributed by atoms with Crippen LogP contribution in [0.15, 0.2) is 48.5 Å². The zero-order valence-corrected chi connectivity index (χ0v) is 13.7. The third-order valence-corrected chi connectivity index (χ3v) is 3.58. The highest BCUT2D eigenvalue weighted by Crippen LogP contribution is 2.10. The summed E-state index contributed by atoms with van der Waals surface area (Å²) in [5.74, 6) is -0.151. The van der Waals surface area contributed by atoms with Crippen LogP contribution < -0.4 is 10.6 Å². The van der Waals surface area contributed by atoms with Crippen molar-refractivity contribution in [1.29, 1.82) is 0 Å². The van der Waals surface area contributed by atoms with E-state index in [4.69, 9.17) is 5.11 Å². The summed E-state index contributed by atoms with van der Waals surface area (Å²) >= 11 is 0. The molecule has 5 nitrogen and oxygen atoms in total. The van der Waals surface area contributed by atoms with E-state index in [1.807, 2.05) is 36.4 Å². The van der Waals surface area contributed by atoms with E-state index in [1.54, 1.807) is 12.1 Å². The van der Waals surface area contributed by atoms with Crippen molar-refractivity contribution in [3.8, 4) is 0 Å². The third-order valence-electron chi connectivity index (χ3n) is 3.58. The van der Waals surface area contributed by atoms with Gasteiger partial charge in [-0.25, -0.2) is 0 Å². The quantitative estimate of drug-likeness (QED) is 0.728. The number of carbonyl (C=O) groups excluding carboxylic acids is 2. The van der Waals surface area contributed by atoms with Gasteiger partial charge in [0.1, 0.15) is 0 Å². The number of carbonyl (C=O) groups is 2. The average molecular weight is 326 g/mol. The normalized spacial score (nSPS) is 10.2. The van der Waals surface area contributed by atoms with Crippen LogP contribution in [-0.2, 0) is 29.0 Å². The molecule has 0 aromatic heterocycles. The zero-order valence-electron chi connectivity index (χ0n) is 13.7. The molecular weight excluding hydrogens is 304 g/mol. The van der Waals surface area contributed by atoms with E-state index in [0.29, 0.717) is 13.0 Å². The Labute approximate surface area is 141 Å². The maximum atomic E-state index is 12.0. The van der Waals surface area contributed by atoms with Crippen molar-refractivity contribution in [1.82, 2.24) is 5.32 Å².